The lowest BCUT2D eigenvalue weighted by Gasteiger charge is -2.12. The highest BCUT2D eigenvalue weighted by Gasteiger charge is 2.25. The van der Waals surface area contributed by atoms with Crippen molar-refractivity contribution in [3.05, 3.63) is 5.82 Å². The van der Waals surface area contributed by atoms with Crippen molar-refractivity contribution in [1.82, 2.24) is 30.8 Å². The maximum Gasteiger partial charge on any atom is 0.192 e. The molecule has 0 amide bonds. The van der Waals surface area contributed by atoms with E-state index in [1.54, 1.807) is 0 Å². The highest BCUT2D eigenvalue weighted by molar-refractivity contribution is 4.93. The van der Waals surface area contributed by atoms with Gasteiger partial charge in [0.25, 0.3) is 0 Å². The van der Waals surface area contributed by atoms with Crippen LogP contribution in [0.1, 0.15) is 11.9 Å². The van der Waals surface area contributed by atoms with E-state index in [-0.39, 0.29) is 6.04 Å². The van der Waals surface area contributed by atoms with E-state index < -0.39 is 0 Å². The van der Waals surface area contributed by atoms with Gasteiger partial charge in [-0.2, -0.15) is 5.21 Å². The largest absolute Gasteiger partial charge is 0.302 e. The molecule has 0 bridgehead atoms. The summed E-state index contributed by atoms with van der Waals surface area (Å²) in [6.07, 6.45) is 0. The van der Waals surface area contributed by atoms with Crippen molar-refractivity contribution in [2.75, 3.05) is 20.3 Å². The van der Waals surface area contributed by atoms with Crippen LogP contribution in [0.25, 0.3) is 0 Å². The molecule has 0 radical (unpaired) electrons. The molecule has 11 heavy (non-hydrogen) atoms. The van der Waals surface area contributed by atoms with Gasteiger partial charge in [0.05, 0.1) is 6.04 Å². The van der Waals surface area contributed by atoms with E-state index in [1.165, 1.54) is 0 Å². The number of aromatic nitrogens is 4. The molecule has 6 heteroatoms. The Hall–Kier alpha value is -1.01. The van der Waals surface area contributed by atoms with Crippen molar-refractivity contribution in [2.45, 2.75) is 6.04 Å². The Kier molecular flexibility index (Phi) is 1.55. The van der Waals surface area contributed by atoms with Gasteiger partial charge in [0.1, 0.15) is 0 Å². The summed E-state index contributed by atoms with van der Waals surface area (Å²) >= 11 is 0. The first-order valence-electron chi connectivity index (χ1n) is 3.52. The van der Waals surface area contributed by atoms with Crippen molar-refractivity contribution >= 4 is 0 Å². The molecule has 1 aliphatic rings. The highest BCUT2D eigenvalue weighted by atomic mass is 15.5. The van der Waals surface area contributed by atoms with Crippen LogP contribution in [0.5, 0.6) is 0 Å². The molecular weight excluding hydrogens is 144 g/mol. The molecule has 2 heterocycles. The summed E-state index contributed by atoms with van der Waals surface area (Å²) in [4.78, 5) is 2.14. The van der Waals surface area contributed by atoms with E-state index in [1.807, 2.05) is 7.05 Å². The van der Waals surface area contributed by atoms with Gasteiger partial charge in [-0.05, 0) is 7.05 Å². The second-order valence-electron chi connectivity index (χ2n) is 2.66. The maximum atomic E-state index is 3.92. The van der Waals surface area contributed by atoms with Crippen LogP contribution in [-0.2, 0) is 0 Å². The second kappa shape index (κ2) is 2.55. The fourth-order valence-electron chi connectivity index (χ4n) is 1.24. The fourth-order valence-corrected chi connectivity index (χ4v) is 1.24. The van der Waals surface area contributed by atoms with E-state index >= 15 is 0 Å². The predicted octanol–water partition coefficient (Wildman–Crippen LogP) is -1.27. The smallest absolute Gasteiger partial charge is 0.192 e. The summed E-state index contributed by atoms with van der Waals surface area (Å²) in [7, 11) is 2.03. The monoisotopic (exact) mass is 154 g/mol. The average molecular weight is 154 g/mol. The lowest BCUT2D eigenvalue weighted by Crippen LogP contribution is -2.20. The molecule has 1 fully saturated rings. The zero-order valence-electron chi connectivity index (χ0n) is 6.28. The normalized spacial score (nSPS) is 26.1. The first-order chi connectivity index (χ1) is 5.38. The average Bonchev–Trinajstić information content (AvgIpc) is 2.55. The van der Waals surface area contributed by atoms with Gasteiger partial charge in [-0.3, -0.25) is 4.90 Å². The van der Waals surface area contributed by atoms with E-state index in [4.69, 9.17) is 0 Å². The molecule has 1 aromatic heterocycles. The summed E-state index contributed by atoms with van der Waals surface area (Å²) in [6, 6.07) is 0.272. The first-order valence-corrected chi connectivity index (χ1v) is 3.52. The molecule has 60 valence electrons. The third-order valence-electron chi connectivity index (χ3n) is 1.89. The van der Waals surface area contributed by atoms with Gasteiger partial charge in [-0.15, -0.1) is 10.2 Å². The van der Waals surface area contributed by atoms with Crippen LogP contribution >= 0.6 is 0 Å². The molecule has 1 atom stereocenters. The minimum atomic E-state index is 0.272. The molecule has 2 rings (SSSR count). The number of aromatic amines is 1. The van der Waals surface area contributed by atoms with E-state index in [9.17, 15) is 0 Å². The van der Waals surface area contributed by atoms with Crippen molar-refractivity contribution in [1.29, 1.82) is 0 Å². The van der Waals surface area contributed by atoms with Crippen LogP contribution in [0.4, 0.5) is 0 Å². The standard InChI is InChI=1S/C5H10N6/c1-11-3-6-2-4(11)5-7-9-10-8-5/h4,6H,2-3H2,1H3,(H,7,8,9,10)/t4-/m1/s1. The van der Waals surface area contributed by atoms with Gasteiger partial charge in [-0.25, -0.2) is 0 Å². The summed E-state index contributed by atoms with van der Waals surface area (Å²) < 4.78 is 0. The van der Waals surface area contributed by atoms with Crippen LogP contribution in [0, 0.1) is 0 Å². The van der Waals surface area contributed by atoms with Crippen LogP contribution in [0.3, 0.4) is 0 Å². The molecule has 6 nitrogen and oxygen atoms in total. The number of rotatable bonds is 1. The molecule has 0 unspecified atom stereocenters. The summed E-state index contributed by atoms with van der Waals surface area (Å²) in [6.45, 7) is 1.79. The molecule has 0 aromatic carbocycles. The molecule has 1 aromatic rings. The third-order valence-corrected chi connectivity index (χ3v) is 1.89. The van der Waals surface area contributed by atoms with E-state index in [2.05, 4.69) is 30.8 Å². The molecule has 1 saturated heterocycles. The van der Waals surface area contributed by atoms with Crippen molar-refractivity contribution in [2.24, 2.45) is 0 Å². The summed E-state index contributed by atoms with van der Waals surface area (Å²) in [5.74, 6) is 0.762. The van der Waals surface area contributed by atoms with E-state index in [0.29, 0.717) is 0 Å². The maximum absolute atomic E-state index is 3.92. The van der Waals surface area contributed by atoms with E-state index in [0.717, 1.165) is 19.0 Å². The van der Waals surface area contributed by atoms with Crippen LogP contribution in [0.2, 0.25) is 0 Å². The van der Waals surface area contributed by atoms with Crippen LogP contribution < -0.4 is 5.32 Å². The lowest BCUT2D eigenvalue weighted by molar-refractivity contribution is 0.311. The quantitative estimate of drug-likeness (QED) is 0.528. The molecule has 0 saturated carbocycles. The zero-order valence-corrected chi connectivity index (χ0v) is 6.28. The number of hydrogen-bond acceptors (Lipinski definition) is 5. The molecular formula is C5H10N6. The molecule has 1 aliphatic heterocycles. The number of nitrogens with one attached hydrogen (secondary N) is 2. The molecule has 0 aliphatic carbocycles. The van der Waals surface area contributed by atoms with Gasteiger partial charge >= 0.3 is 0 Å². The predicted molar refractivity (Wildman–Crippen MR) is 37.6 cm³/mol. The van der Waals surface area contributed by atoms with Gasteiger partial charge < -0.3 is 5.32 Å². The van der Waals surface area contributed by atoms with Crippen LogP contribution in [-0.4, -0.2) is 45.8 Å². The molecule has 0 spiro atoms. The summed E-state index contributed by atoms with van der Waals surface area (Å²) in [5.41, 5.74) is 0. The Morgan fingerprint density at radius 1 is 1.64 bits per heavy atom. The third kappa shape index (κ3) is 1.10. The Bertz CT molecular complexity index is 219. The Morgan fingerprint density at radius 3 is 3.09 bits per heavy atom. The number of tetrazole rings is 1. The van der Waals surface area contributed by atoms with Crippen LogP contribution in [0.15, 0.2) is 0 Å². The van der Waals surface area contributed by atoms with Crippen molar-refractivity contribution in [3.8, 4) is 0 Å². The Labute approximate surface area is 64.0 Å². The SMILES string of the molecule is CN1CNC[C@@H]1c1nn[nH]n1. The topological polar surface area (TPSA) is 69.7 Å². The highest BCUT2D eigenvalue weighted by Crippen LogP contribution is 2.15. The summed E-state index contributed by atoms with van der Waals surface area (Å²) in [5, 5.41) is 17.0. The van der Waals surface area contributed by atoms with Gasteiger partial charge in [0.2, 0.25) is 0 Å². The number of hydrogen-bond donors (Lipinski definition) is 2. The van der Waals surface area contributed by atoms with Gasteiger partial charge in [0.15, 0.2) is 5.82 Å². The number of nitrogens with zero attached hydrogens (tertiary/aromatic N) is 4. The molecule has 2 N–H and O–H groups in total. The second-order valence-corrected chi connectivity index (χ2v) is 2.66. The fraction of sp³-hybridized carbons (Fsp3) is 0.800. The minimum Gasteiger partial charge on any atom is -0.302 e. The first kappa shape index (κ1) is 6.68. The Balaban J connectivity index is 2.16. The number of likely N-dealkylation sites (N-methyl/N-ethyl adjacent to an activating group) is 1. The lowest BCUT2D eigenvalue weighted by atomic mass is 10.3. The van der Waals surface area contributed by atoms with Crippen molar-refractivity contribution < 1.29 is 0 Å². The number of H-pyrrole nitrogens is 1. The van der Waals surface area contributed by atoms with Gasteiger partial charge in [0, 0.05) is 13.2 Å². The van der Waals surface area contributed by atoms with Crippen molar-refractivity contribution in [3.63, 3.8) is 0 Å². The zero-order chi connectivity index (χ0) is 7.68. The van der Waals surface area contributed by atoms with Gasteiger partial charge in [-0.1, -0.05) is 5.21 Å². The Morgan fingerprint density at radius 2 is 2.55 bits per heavy atom. The minimum absolute atomic E-state index is 0.272.